The molecule has 0 spiro atoms. The molecule has 3 nitrogen and oxygen atoms in total. The number of aryl methyl sites for hydroxylation is 1. The number of benzene rings is 1. The summed E-state index contributed by atoms with van der Waals surface area (Å²) in [7, 11) is 0. The molecule has 0 radical (unpaired) electrons. The molecule has 2 fully saturated rings. The van der Waals surface area contributed by atoms with Crippen LogP contribution in [0.5, 0.6) is 0 Å². The highest BCUT2D eigenvalue weighted by atomic mass is 15.3. The van der Waals surface area contributed by atoms with E-state index in [0.29, 0.717) is 0 Å². The van der Waals surface area contributed by atoms with Gasteiger partial charge in [-0.25, -0.2) is 0 Å². The molecular formula is C16H25N3. The number of hydrogen-bond acceptors (Lipinski definition) is 3. The Morgan fingerprint density at radius 3 is 2.74 bits per heavy atom. The maximum absolute atomic E-state index is 3.44. The first-order valence-corrected chi connectivity index (χ1v) is 7.54. The van der Waals surface area contributed by atoms with Crippen LogP contribution in [0, 0.1) is 6.92 Å². The molecule has 2 aliphatic rings. The third-order valence-electron chi connectivity index (χ3n) is 4.57. The van der Waals surface area contributed by atoms with Crippen LogP contribution in [0.3, 0.4) is 0 Å². The summed E-state index contributed by atoms with van der Waals surface area (Å²) in [5.41, 5.74) is 2.91. The van der Waals surface area contributed by atoms with Crippen molar-refractivity contribution < 1.29 is 0 Å². The average molecular weight is 259 g/mol. The van der Waals surface area contributed by atoms with E-state index in [2.05, 4.69) is 46.3 Å². The van der Waals surface area contributed by atoms with Crippen molar-refractivity contribution in [2.45, 2.75) is 25.9 Å². The van der Waals surface area contributed by atoms with Crippen LogP contribution in [-0.2, 0) is 6.54 Å². The predicted molar refractivity (Wildman–Crippen MR) is 79.3 cm³/mol. The van der Waals surface area contributed by atoms with Gasteiger partial charge in [0.15, 0.2) is 0 Å². The van der Waals surface area contributed by atoms with E-state index in [-0.39, 0.29) is 0 Å². The van der Waals surface area contributed by atoms with Crippen molar-refractivity contribution in [2.24, 2.45) is 0 Å². The molecule has 3 rings (SSSR count). The number of nitrogens with zero attached hydrogens (tertiary/aromatic N) is 2. The van der Waals surface area contributed by atoms with Crippen molar-refractivity contribution in [1.82, 2.24) is 15.1 Å². The minimum absolute atomic E-state index is 0.783. The zero-order chi connectivity index (χ0) is 13.1. The minimum atomic E-state index is 0.783. The Hall–Kier alpha value is -0.900. The van der Waals surface area contributed by atoms with Gasteiger partial charge in [-0.1, -0.05) is 24.3 Å². The Labute approximate surface area is 116 Å². The van der Waals surface area contributed by atoms with E-state index in [1.54, 1.807) is 0 Å². The summed E-state index contributed by atoms with van der Waals surface area (Å²) in [5.74, 6) is 0. The Morgan fingerprint density at radius 2 is 1.95 bits per heavy atom. The molecule has 1 unspecified atom stereocenters. The number of nitrogens with one attached hydrogen (secondary N) is 1. The highest BCUT2D eigenvalue weighted by Crippen LogP contribution is 2.19. The summed E-state index contributed by atoms with van der Waals surface area (Å²) in [4.78, 5) is 5.30. The molecule has 104 valence electrons. The molecule has 2 saturated heterocycles. The highest BCUT2D eigenvalue weighted by molar-refractivity contribution is 5.25. The fraction of sp³-hybridized carbons (Fsp3) is 0.625. The zero-order valence-electron chi connectivity index (χ0n) is 11.9. The van der Waals surface area contributed by atoms with E-state index >= 15 is 0 Å². The average Bonchev–Trinajstić information content (AvgIpc) is 2.91. The monoisotopic (exact) mass is 259 g/mol. The Bertz CT molecular complexity index is 412. The summed E-state index contributed by atoms with van der Waals surface area (Å²) in [6, 6.07) is 9.57. The van der Waals surface area contributed by atoms with Gasteiger partial charge in [-0.15, -0.1) is 0 Å². The van der Waals surface area contributed by atoms with E-state index in [4.69, 9.17) is 0 Å². The maximum Gasteiger partial charge on any atom is 0.0237 e. The topological polar surface area (TPSA) is 18.5 Å². The molecule has 1 aromatic rings. The van der Waals surface area contributed by atoms with Gasteiger partial charge in [-0.05, 0) is 24.5 Å². The molecule has 0 aliphatic carbocycles. The van der Waals surface area contributed by atoms with E-state index in [0.717, 1.165) is 25.7 Å². The first-order valence-electron chi connectivity index (χ1n) is 7.54. The summed E-state index contributed by atoms with van der Waals surface area (Å²) in [6.07, 6.45) is 1.34. The Balaban J connectivity index is 1.55. The number of rotatable bonds is 3. The fourth-order valence-electron chi connectivity index (χ4n) is 3.33. The van der Waals surface area contributed by atoms with Crippen LogP contribution in [0.15, 0.2) is 24.3 Å². The van der Waals surface area contributed by atoms with Gasteiger partial charge in [-0.3, -0.25) is 9.80 Å². The third-order valence-corrected chi connectivity index (χ3v) is 4.57. The maximum atomic E-state index is 3.44. The van der Waals surface area contributed by atoms with Crippen molar-refractivity contribution in [3.05, 3.63) is 35.4 Å². The van der Waals surface area contributed by atoms with Crippen molar-refractivity contribution >= 4 is 0 Å². The van der Waals surface area contributed by atoms with Crippen LogP contribution in [0.4, 0.5) is 0 Å². The van der Waals surface area contributed by atoms with Crippen molar-refractivity contribution in [1.29, 1.82) is 0 Å². The zero-order valence-corrected chi connectivity index (χ0v) is 11.9. The van der Waals surface area contributed by atoms with Gasteiger partial charge in [0, 0.05) is 51.9 Å². The van der Waals surface area contributed by atoms with Gasteiger partial charge in [-0.2, -0.15) is 0 Å². The second-order valence-electron chi connectivity index (χ2n) is 5.89. The molecule has 1 atom stereocenters. The molecule has 3 heteroatoms. The van der Waals surface area contributed by atoms with Gasteiger partial charge >= 0.3 is 0 Å². The van der Waals surface area contributed by atoms with Crippen LogP contribution >= 0.6 is 0 Å². The summed E-state index contributed by atoms with van der Waals surface area (Å²) in [5, 5.41) is 3.44. The standard InChI is InChI=1S/C16H25N3/c1-14-4-2-3-5-15(14)12-18-9-6-16(13-18)19-10-7-17-8-11-19/h2-5,16-17H,6-13H2,1H3. The molecule has 0 aromatic heterocycles. The molecule has 2 aliphatic heterocycles. The van der Waals surface area contributed by atoms with Gasteiger partial charge in [0.2, 0.25) is 0 Å². The highest BCUT2D eigenvalue weighted by Gasteiger charge is 2.28. The quantitative estimate of drug-likeness (QED) is 0.887. The molecule has 2 heterocycles. The van der Waals surface area contributed by atoms with E-state index in [9.17, 15) is 0 Å². The lowest BCUT2D eigenvalue weighted by Crippen LogP contribution is -2.49. The van der Waals surface area contributed by atoms with Crippen LogP contribution in [0.25, 0.3) is 0 Å². The molecule has 0 saturated carbocycles. The van der Waals surface area contributed by atoms with Crippen LogP contribution < -0.4 is 5.32 Å². The van der Waals surface area contributed by atoms with Crippen molar-refractivity contribution in [3.63, 3.8) is 0 Å². The molecule has 1 N–H and O–H groups in total. The van der Waals surface area contributed by atoms with Crippen LogP contribution in [0.1, 0.15) is 17.5 Å². The molecule has 19 heavy (non-hydrogen) atoms. The smallest absolute Gasteiger partial charge is 0.0237 e. The van der Waals surface area contributed by atoms with Crippen molar-refractivity contribution in [3.8, 4) is 0 Å². The third kappa shape index (κ3) is 3.16. The summed E-state index contributed by atoms with van der Waals surface area (Å²) >= 11 is 0. The van der Waals surface area contributed by atoms with Crippen molar-refractivity contribution in [2.75, 3.05) is 39.3 Å². The molecule has 0 amide bonds. The normalized spacial score (nSPS) is 25.8. The predicted octanol–water partition coefficient (Wildman–Crippen LogP) is 1.47. The van der Waals surface area contributed by atoms with E-state index in [1.165, 1.54) is 43.7 Å². The number of hydrogen-bond donors (Lipinski definition) is 1. The summed E-state index contributed by atoms with van der Waals surface area (Å²) < 4.78 is 0. The Kier molecular flexibility index (Phi) is 4.16. The first kappa shape index (κ1) is 13.1. The van der Waals surface area contributed by atoms with Gasteiger partial charge in [0.25, 0.3) is 0 Å². The fourth-order valence-corrected chi connectivity index (χ4v) is 3.33. The largest absolute Gasteiger partial charge is 0.314 e. The lowest BCUT2D eigenvalue weighted by molar-refractivity contribution is 0.170. The lowest BCUT2D eigenvalue weighted by Gasteiger charge is -2.32. The van der Waals surface area contributed by atoms with Gasteiger partial charge < -0.3 is 5.32 Å². The molecule has 1 aromatic carbocycles. The summed E-state index contributed by atoms with van der Waals surface area (Å²) in [6.45, 7) is 10.6. The minimum Gasteiger partial charge on any atom is -0.314 e. The Morgan fingerprint density at radius 1 is 1.16 bits per heavy atom. The SMILES string of the molecule is Cc1ccccc1CN1CCC(N2CCNCC2)C1. The van der Waals surface area contributed by atoms with Crippen LogP contribution in [0.2, 0.25) is 0 Å². The van der Waals surface area contributed by atoms with Gasteiger partial charge in [0.05, 0.1) is 0 Å². The number of likely N-dealkylation sites (tertiary alicyclic amines) is 1. The second-order valence-corrected chi connectivity index (χ2v) is 5.89. The van der Waals surface area contributed by atoms with E-state index in [1.807, 2.05) is 0 Å². The lowest BCUT2D eigenvalue weighted by atomic mass is 10.1. The molecule has 0 bridgehead atoms. The van der Waals surface area contributed by atoms with E-state index < -0.39 is 0 Å². The first-order chi connectivity index (χ1) is 9.33. The molecular weight excluding hydrogens is 234 g/mol. The second kappa shape index (κ2) is 6.04. The van der Waals surface area contributed by atoms with Crippen LogP contribution in [-0.4, -0.2) is 55.1 Å². The van der Waals surface area contributed by atoms with Gasteiger partial charge in [0.1, 0.15) is 0 Å². The number of piperazine rings is 1.